The molecule has 2 N–H and O–H groups in total. The van der Waals surface area contributed by atoms with Gasteiger partial charge in [-0.3, -0.25) is 9.59 Å². The Morgan fingerprint density at radius 3 is 2.50 bits per heavy atom. The highest BCUT2D eigenvalue weighted by molar-refractivity contribution is 6.14. The maximum absolute atomic E-state index is 14.6. The number of aliphatic hydroxyl groups is 2. The number of amides is 1. The summed E-state index contributed by atoms with van der Waals surface area (Å²) in [5, 5.41) is 19.3. The molecule has 156 valence electrons. The number of hydrogen-bond acceptors (Lipinski definition) is 5. The monoisotopic (exact) mass is 411 g/mol. The highest BCUT2D eigenvalue weighted by Crippen LogP contribution is 2.38. The molecule has 0 aromatic heterocycles. The van der Waals surface area contributed by atoms with Crippen LogP contribution >= 0.6 is 0 Å². The molecule has 30 heavy (non-hydrogen) atoms. The number of rotatable bonds is 9. The maximum atomic E-state index is 14.6. The first-order valence-corrected chi connectivity index (χ1v) is 9.49. The Morgan fingerprint density at radius 1 is 1.10 bits per heavy atom. The summed E-state index contributed by atoms with van der Waals surface area (Å²) < 4.78 is 19.8. The van der Waals surface area contributed by atoms with Gasteiger partial charge in [0, 0.05) is 12.1 Å². The molecule has 2 aromatic rings. The minimum atomic E-state index is -1.08. The van der Waals surface area contributed by atoms with Gasteiger partial charge in [-0.05, 0) is 17.7 Å². The van der Waals surface area contributed by atoms with Crippen molar-refractivity contribution in [3.63, 3.8) is 0 Å². The molecule has 0 spiro atoms. The molecule has 3 rings (SSSR count). The van der Waals surface area contributed by atoms with E-state index in [0.29, 0.717) is 0 Å². The van der Waals surface area contributed by atoms with Crippen molar-refractivity contribution in [3.8, 4) is 0 Å². The van der Waals surface area contributed by atoms with Gasteiger partial charge in [-0.1, -0.05) is 54.6 Å². The first-order valence-electron chi connectivity index (χ1n) is 9.49. The third-order valence-corrected chi connectivity index (χ3v) is 4.71. The van der Waals surface area contributed by atoms with Gasteiger partial charge in [0.1, 0.15) is 5.82 Å². The van der Waals surface area contributed by atoms with Crippen LogP contribution in [0.15, 0.2) is 72.0 Å². The summed E-state index contributed by atoms with van der Waals surface area (Å²) in [7, 11) is 0. The van der Waals surface area contributed by atoms with Crippen LogP contribution in [-0.2, 0) is 14.3 Å². The zero-order valence-corrected chi connectivity index (χ0v) is 16.2. The van der Waals surface area contributed by atoms with E-state index in [4.69, 9.17) is 9.84 Å². The molecule has 1 unspecified atom stereocenters. The van der Waals surface area contributed by atoms with Crippen molar-refractivity contribution in [2.24, 2.45) is 0 Å². The fraction of sp³-hybridized carbons (Fsp3) is 0.217. The number of halogens is 1. The van der Waals surface area contributed by atoms with Crippen molar-refractivity contribution in [1.82, 2.24) is 4.90 Å². The van der Waals surface area contributed by atoms with E-state index in [9.17, 15) is 19.1 Å². The van der Waals surface area contributed by atoms with Crippen molar-refractivity contribution < 1.29 is 28.9 Å². The molecule has 0 aliphatic carbocycles. The lowest BCUT2D eigenvalue weighted by Gasteiger charge is -2.26. The van der Waals surface area contributed by atoms with Gasteiger partial charge in [-0.15, -0.1) is 0 Å². The normalized spacial score (nSPS) is 16.7. The minimum absolute atomic E-state index is 0.0150. The average Bonchev–Trinajstić information content (AvgIpc) is 3.01. The Balaban J connectivity index is 1.94. The second-order valence-corrected chi connectivity index (χ2v) is 6.63. The molecule has 0 radical (unpaired) electrons. The van der Waals surface area contributed by atoms with Crippen LogP contribution < -0.4 is 0 Å². The fourth-order valence-electron chi connectivity index (χ4n) is 3.31. The Labute approximate surface area is 173 Å². The summed E-state index contributed by atoms with van der Waals surface area (Å²) in [5.74, 6) is -2.65. The van der Waals surface area contributed by atoms with Gasteiger partial charge in [0.05, 0.1) is 31.4 Å². The zero-order valence-electron chi connectivity index (χ0n) is 16.2. The lowest BCUT2D eigenvalue weighted by atomic mass is 9.95. The number of nitrogens with zero attached hydrogens (tertiary/aromatic N) is 1. The summed E-state index contributed by atoms with van der Waals surface area (Å²) in [6, 6.07) is 13.8. The molecule has 0 bridgehead atoms. The Hall–Kier alpha value is -3.29. The lowest BCUT2D eigenvalue weighted by Crippen LogP contribution is -2.34. The predicted octanol–water partition coefficient (Wildman–Crippen LogP) is 2.81. The van der Waals surface area contributed by atoms with Crippen LogP contribution in [0.1, 0.15) is 17.2 Å². The van der Waals surface area contributed by atoms with Crippen LogP contribution in [0, 0.1) is 5.82 Å². The van der Waals surface area contributed by atoms with E-state index >= 15 is 0 Å². The van der Waals surface area contributed by atoms with Gasteiger partial charge in [-0.2, -0.15) is 0 Å². The number of ether oxygens (including phenoxy) is 1. The molecule has 0 saturated heterocycles. The minimum Gasteiger partial charge on any atom is -0.503 e. The fourth-order valence-corrected chi connectivity index (χ4v) is 3.31. The Kier molecular flexibility index (Phi) is 7.11. The molecule has 0 fully saturated rings. The molecule has 0 saturated carbocycles. The highest BCUT2D eigenvalue weighted by Gasteiger charge is 2.43. The quantitative estimate of drug-likeness (QED) is 0.490. The van der Waals surface area contributed by atoms with Crippen LogP contribution in [0.3, 0.4) is 0 Å². The molecule has 2 aromatic carbocycles. The molecule has 1 aliphatic heterocycles. The third kappa shape index (κ3) is 4.64. The Bertz CT molecular complexity index is 971. The first kappa shape index (κ1) is 21.4. The topological polar surface area (TPSA) is 87.1 Å². The largest absolute Gasteiger partial charge is 0.503 e. The average molecular weight is 411 g/mol. The third-order valence-electron chi connectivity index (χ3n) is 4.71. The van der Waals surface area contributed by atoms with Crippen LogP contribution in [-0.4, -0.2) is 53.2 Å². The molecule has 1 atom stereocenters. The van der Waals surface area contributed by atoms with Gasteiger partial charge < -0.3 is 19.8 Å². The van der Waals surface area contributed by atoms with Gasteiger partial charge in [0.15, 0.2) is 11.5 Å². The highest BCUT2D eigenvalue weighted by atomic mass is 19.1. The second-order valence-electron chi connectivity index (χ2n) is 6.63. The van der Waals surface area contributed by atoms with E-state index < -0.39 is 29.3 Å². The Morgan fingerprint density at radius 2 is 1.80 bits per heavy atom. The number of hydrogen-bond donors (Lipinski definition) is 2. The van der Waals surface area contributed by atoms with Crippen molar-refractivity contribution in [2.45, 2.75) is 6.04 Å². The summed E-state index contributed by atoms with van der Waals surface area (Å²) in [6.07, 6.45) is 2.83. The van der Waals surface area contributed by atoms with Crippen molar-refractivity contribution in [2.75, 3.05) is 26.4 Å². The van der Waals surface area contributed by atoms with Crippen LogP contribution in [0.25, 0.3) is 6.08 Å². The van der Waals surface area contributed by atoms with Gasteiger partial charge in [0.2, 0.25) is 0 Å². The number of aliphatic hydroxyl groups excluding tert-OH is 2. The first-order chi connectivity index (χ1) is 14.5. The van der Waals surface area contributed by atoms with Crippen LogP contribution in [0.2, 0.25) is 0 Å². The van der Waals surface area contributed by atoms with E-state index in [1.165, 1.54) is 29.2 Å². The molecular formula is C23H22FNO5. The second kappa shape index (κ2) is 9.96. The summed E-state index contributed by atoms with van der Waals surface area (Å²) >= 11 is 0. The van der Waals surface area contributed by atoms with E-state index in [-0.39, 0.29) is 37.5 Å². The van der Waals surface area contributed by atoms with Gasteiger partial charge in [0.25, 0.3) is 5.91 Å². The van der Waals surface area contributed by atoms with Crippen LogP contribution in [0.4, 0.5) is 4.39 Å². The lowest BCUT2D eigenvalue weighted by molar-refractivity contribution is -0.130. The molecule has 1 aliphatic rings. The number of carbonyl (C=O) groups excluding carboxylic acids is 2. The SMILES string of the molecule is O=C(/C=C/c1ccccc1)C1=C(O)C(=O)N(CCOCCO)C1c1ccccc1F. The van der Waals surface area contributed by atoms with Gasteiger partial charge >= 0.3 is 0 Å². The number of ketones is 1. The predicted molar refractivity (Wildman–Crippen MR) is 109 cm³/mol. The maximum Gasteiger partial charge on any atom is 0.290 e. The van der Waals surface area contributed by atoms with E-state index in [1.54, 1.807) is 24.3 Å². The van der Waals surface area contributed by atoms with E-state index in [2.05, 4.69) is 0 Å². The zero-order chi connectivity index (χ0) is 21.5. The summed E-state index contributed by atoms with van der Waals surface area (Å²) in [4.78, 5) is 26.8. The molecule has 7 heteroatoms. The molecule has 6 nitrogen and oxygen atoms in total. The summed E-state index contributed by atoms with van der Waals surface area (Å²) in [5.41, 5.74) is 0.694. The van der Waals surface area contributed by atoms with E-state index in [0.717, 1.165) is 5.56 Å². The molecular weight excluding hydrogens is 389 g/mol. The summed E-state index contributed by atoms with van der Waals surface area (Å²) in [6.45, 7) is -0.0213. The smallest absolute Gasteiger partial charge is 0.290 e. The number of carbonyl (C=O) groups is 2. The molecule has 1 heterocycles. The standard InChI is InChI=1S/C23H22FNO5/c24-18-9-5-4-8-17(18)21-20(19(27)11-10-16-6-2-1-3-7-16)22(28)23(29)25(21)12-14-30-15-13-26/h1-11,21,26,28H,12-15H2/b11-10+. The van der Waals surface area contributed by atoms with E-state index in [1.807, 2.05) is 18.2 Å². The van der Waals surface area contributed by atoms with Crippen molar-refractivity contribution >= 4 is 17.8 Å². The number of benzene rings is 2. The number of allylic oxidation sites excluding steroid dienone is 1. The van der Waals surface area contributed by atoms with Crippen molar-refractivity contribution in [3.05, 3.63) is 88.9 Å². The van der Waals surface area contributed by atoms with Crippen molar-refractivity contribution in [1.29, 1.82) is 0 Å². The molecule has 1 amide bonds. The van der Waals surface area contributed by atoms with Gasteiger partial charge in [-0.25, -0.2) is 4.39 Å². The van der Waals surface area contributed by atoms with Crippen LogP contribution in [0.5, 0.6) is 0 Å².